The van der Waals surface area contributed by atoms with Crippen LogP contribution in [0.25, 0.3) is 0 Å². The van der Waals surface area contributed by atoms with Crippen molar-refractivity contribution in [1.82, 2.24) is 5.32 Å². The Kier molecular flexibility index (Phi) is 5.42. The number of nitriles is 1. The first kappa shape index (κ1) is 17.5. The smallest absolute Gasteiger partial charge is 0.101 e. The molecule has 0 aliphatic heterocycles. The van der Waals surface area contributed by atoms with E-state index in [1.807, 2.05) is 6.07 Å². The number of hydrogen-bond acceptors (Lipinski definition) is 3. The van der Waals surface area contributed by atoms with Crippen LogP contribution in [0.5, 0.6) is 0 Å². The summed E-state index contributed by atoms with van der Waals surface area (Å²) < 4.78 is 0. The van der Waals surface area contributed by atoms with Gasteiger partial charge in [0.2, 0.25) is 0 Å². The predicted octanol–water partition coefficient (Wildman–Crippen LogP) is 3.93. The van der Waals surface area contributed by atoms with Gasteiger partial charge in [0, 0.05) is 25.7 Å². The summed E-state index contributed by atoms with van der Waals surface area (Å²) in [7, 11) is 2.05. The van der Waals surface area contributed by atoms with E-state index in [9.17, 15) is 5.26 Å². The number of rotatable bonds is 4. The lowest BCUT2D eigenvalue weighted by atomic mass is 9.95. The Morgan fingerprint density at radius 1 is 1.14 bits per heavy atom. The van der Waals surface area contributed by atoms with Gasteiger partial charge in [0.25, 0.3) is 0 Å². The highest BCUT2D eigenvalue weighted by Crippen LogP contribution is 2.24. The summed E-state index contributed by atoms with van der Waals surface area (Å²) >= 11 is 0. The average molecular weight is 287 g/mol. The van der Waals surface area contributed by atoms with Crippen LogP contribution >= 0.6 is 0 Å². The Morgan fingerprint density at radius 2 is 1.76 bits per heavy atom. The molecule has 0 unspecified atom stereocenters. The SMILES string of the molecule is CN(CC(C)(C)C)c1ccc(CNC(C)(C)C)cc1C#N. The molecule has 0 atom stereocenters. The third-order valence-corrected chi connectivity index (χ3v) is 3.13. The van der Waals surface area contributed by atoms with Crippen LogP contribution in [0.3, 0.4) is 0 Å². The lowest BCUT2D eigenvalue weighted by Crippen LogP contribution is -2.35. The zero-order valence-corrected chi connectivity index (χ0v) is 14.5. The molecule has 0 saturated heterocycles. The second kappa shape index (κ2) is 6.49. The number of nitrogens with one attached hydrogen (secondary N) is 1. The molecule has 0 radical (unpaired) electrons. The Hall–Kier alpha value is -1.53. The summed E-state index contributed by atoms with van der Waals surface area (Å²) in [4.78, 5) is 2.17. The van der Waals surface area contributed by atoms with Crippen molar-refractivity contribution in [3.8, 4) is 6.07 Å². The lowest BCUT2D eigenvalue weighted by Gasteiger charge is -2.29. The van der Waals surface area contributed by atoms with E-state index >= 15 is 0 Å². The van der Waals surface area contributed by atoms with Gasteiger partial charge in [0.05, 0.1) is 11.3 Å². The third-order valence-electron chi connectivity index (χ3n) is 3.13. The van der Waals surface area contributed by atoms with Gasteiger partial charge in [-0.2, -0.15) is 5.26 Å². The van der Waals surface area contributed by atoms with Crippen LogP contribution in [-0.4, -0.2) is 19.1 Å². The molecule has 3 nitrogen and oxygen atoms in total. The largest absolute Gasteiger partial charge is 0.373 e. The zero-order valence-electron chi connectivity index (χ0n) is 14.5. The quantitative estimate of drug-likeness (QED) is 0.912. The first-order valence-corrected chi connectivity index (χ1v) is 7.51. The lowest BCUT2D eigenvalue weighted by molar-refractivity contribution is 0.418. The first-order chi connectivity index (χ1) is 9.52. The van der Waals surface area contributed by atoms with Gasteiger partial charge < -0.3 is 10.2 Å². The minimum atomic E-state index is 0.0779. The number of benzene rings is 1. The van der Waals surface area contributed by atoms with Gasteiger partial charge in [-0.1, -0.05) is 26.8 Å². The Morgan fingerprint density at radius 3 is 2.24 bits per heavy atom. The zero-order chi connectivity index (χ0) is 16.3. The van der Waals surface area contributed by atoms with Crippen LogP contribution in [0.4, 0.5) is 5.69 Å². The van der Waals surface area contributed by atoms with Crippen LogP contribution in [0.15, 0.2) is 18.2 Å². The molecule has 3 heteroatoms. The monoisotopic (exact) mass is 287 g/mol. The Labute approximate surface area is 130 Å². The molecule has 116 valence electrons. The maximum atomic E-state index is 9.42. The normalized spacial score (nSPS) is 12.1. The molecule has 0 saturated carbocycles. The number of hydrogen-bond donors (Lipinski definition) is 1. The molecule has 0 fully saturated rings. The molecule has 0 aromatic heterocycles. The molecule has 1 rings (SSSR count). The molecule has 21 heavy (non-hydrogen) atoms. The van der Waals surface area contributed by atoms with Crippen LogP contribution in [0.2, 0.25) is 0 Å². The van der Waals surface area contributed by atoms with Gasteiger partial charge in [-0.05, 0) is 43.9 Å². The van der Waals surface area contributed by atoms with E-state index in [1.54, 1.807) is 0 Å². The summed E-state index contributed by atoms with van der Waals surface area (Å²) in [6.45, 7) is 14.7. The fraction of sp³-hybridized carbons (Fsp3) is 0.611. The molecular formula is C18H29N3. The molecule has 1 aromatic carbocycles. The summed E-state index contributed by atoms with van der Waals surface area (Å²) in [5, 5.41) is 12.9. The van der Waals surface area contributed by atoms with Crippen molar-refractivity contribution in [1.29, 1.82) is 5.26 Å². The molecule has 1 aromatic rings. The highest BCUT2D eigenvalue weighted by Gasteiger charge is 2.16. The van der Waals surface area contributed by atoms with Crippen molar-refractivity contribution < 1.29 is 0 Å². The van der Waals surface area contributed by atoms with Crippen molar-refractivity contribution in [3.05, 3.63) is 29.3 Å². The number of nitrogens with zero attached hydrogens (tertiary/aromatic N) is 2. The average Bonchev–Trinajstić information content (AvgIpc) is 2.33. The Bertz CT molecular complexity index is 513. The van der Waals surface area contributed by atoms with Crippen molar-refractivity contribution in [2.75, 3.05) is 18.5 Å². The molecule has 0 amide bonds. The topological polar surface area (TPSA) is 39.1 Å². The van der Waals surface area contributed by atoms with Crippen molar-refractivity contribution >= 4 is 5.69 Å². The molecular weight excluding hydrogens is 258 g/mol. The van der Waals surface area contributed by atoms with E-state index in [-0.39, 0.29) is 11.0 Å². The third kappa shape index (κ3) is 6.18. The summed E-state index contributed by atoms with van der Waals surface area (Å²) in [5.41, 5.74) is 3.18. The first-order valence-electron chi connectivity index (χ1n) is 7.51. The van der Waals surface area contributed by atoms with Crippen molar-refractivity contribution in [2.24, 2.45) is 5.41 Å². The minimum Gasteiger partial charge on any atom is -0.373 e. The van der Waals surface area contributed by atoms with Gasteiger partial charge in [-0.25, -0.2) is 0 Å². The van der Waals surface area contributed by atoms with Crippen molar-refractivity contribution in [3.63, 3.8) is 0 Å². The van der Waals surface area contributed by atoms with E-state index in [2.05, 4.69) is 77.0 Å². The second-order valence-electron chi connectivity index (χ2n) is 7.98. The molecule has 0 aliphatic rings. The van der Waals surface area contributed by atoms with E-state index < -0.39 is 0 Å². The highest BCUT2D eigenvalue weighted by atomic mass is 15.1. The fourth-order valence-corrected chi connectivity index (χ4v) is 2.28. The second-order valence-corrected chi connectivity index (χ2v) is 7.98. The van der Waals surface area contributed by atoms with E-state index in [4.69, 9.17) is 0 Å². The Balaban J connectivity index is 2.92. The minimum absolute atomic E-state index is 0.0779. The van der Waals surface area contributed by atoms with Crippen LogP contribution in [-0.2, 0) is 6.54 Å². The molecule has 0 heterocycles. The predicted molar refractivity (Wildman–Crippen MR) is 90.5 cm³/mol. The van der Waals surface area contributed by atoms with Crippen LogP contribution in [0, 0.1) is 16.7 Å². The van der Waals surface area contributed by atoms with Crippen LogP contribution < -0.4 is 10.2 Å². The highest BCUT2D eigenvalue weighted by molar-refractivity contribution is 5.60. The van der Waals surface area contributed by atoms with Gasteiger partial charge >= 0.3 is 0 Å². The van der Waals surface area contributed by atoms with Crippen molar-refractivity contribution in [2.45, 2.75) is 53.6 Å². The summed E-state index contributed by atoms with van der Waals surface area (Å²) in [6.07, 6.45) is 0. The molecule has 1 N–H and O–H groups in total. The van der Waals surface area contributed by atoms with Gasteiger partial charge in [-0.15, -0.1) is 0 Å². The van der Waals surface area contributed by atoms with E-state index in [1.165, 1.54) is 0 Å². The number of anilines is 1. The van der Waals surface area contributed by atoms with Gasteiger partial charge in [-0.3, -0.25) is 0 Å². The van der Waals surface area contributed by atoms with E-state index in [0.29, 0.717) is 0 Å². The standard InChI is InChI=1S/C18H29N3/c1-17(2,3)13-21(7)16-9-8-14(10-15(16)11-19)12-20-18(4,5)6/h8-10,20H,12-13H2,1-7H3. The maximum Gasteiger partial charge on any atom is 0.101 e. The molecule has 0 spiro atoms. The van der Waals surface area contributed by atoms with Gasteiger partial charge in [0.15, 0.2) is 0 Å². The summed E-state index contributed by atoms with van der Waals surface area (Å²) in [5.74, 6) is 0. The van der Waals surface area contributed by atoms with E-state index in [0.717, 1.165) is 29.9 Å². The molecule has 0 bridgehead atoms. The maximum absolute atomic E-state index is 9.42. The van der Waals surface area contributed by atoms with Crippen LogP contribution in [0.1, 0.15) is 52.7 Å². The van der Waals surface area contributed by atoms with Gasteiger partial charge in [0.1, 0.15) is 6.07 Å². The fourth-order valence-electron chi connectivity index (χ4n) is 2.28. The molecule has 0 aliphatic carbocycles. The summed E-state index contributed by atoms with van der Waals surface area (Å²) in [6, 6.07) is 8.49.